The van der Waals surface area contributed by atoms with Crippen LogP contribution in [-0.4, -0.2) is 47.4 Å². The molecule has 0 saturated carbocycles. The van der Waals surface area contributed by atoms with Gasteiger partial charge < -0.3 is 10.1 Å². The van der Waals surface area contributed by atoms with Gasteiger partial charge in [-0.05, 0) is 24.6 Å². The standard InChI is InChI=1S/C20H23N3O4S/c1-14-3-5-15(6-4-14)19-13-28-10-9-22(19)12-20(24)21-17-8-7-16(27-2)11-18(17)23(25)26/h3-8,11,19H,9-10,12-13H2,1-2H3,(H,21,24). The van der Waals surface area contributed by atoms with Crippen molar-refractivity contribution < 1.29 is 14.5 Å². The second kappa shape index (κ2) is 9.07. The number of aryl methyl sites for hydroxylation is 1. The Morgan fingerprint density at radius 1 is 1.32 bits per heavy atom. The lowest BCUT2D eigenvalue weighted by Gasteiger charge is -2.35. The summed E-state index contributed by atoms with van der Waals surface area (Å²) in [6.07, 6.45) is 0. The van der Waals surface area contributed by atoms with Crippen LogP contribution in [0.3, 0.4) is 0 Å². The number of hydrogen-bond donors (Lipinski definition) is 1. The highest BCUT2D eigenvalue weighted by atomic mass is 32.2. The van der Waals surface area contributed by atoms with Gasteiger partial charge in [0.2, 0.25) is 5.91 Å². The lowest BCUT2D eigenvalue weighted by Crippen LogP contribution is -2.41. The van der Waals surface area contributed by atoms with Crippen LogP contribution in [0.15, 0.2) is 42.5 Å². The van der Waals surface area contributed by atoms with Crippen molar-refractivity contribution >= 4 is 29.0 Å². The van der Waals surface area contributed by atoms with Crippen molar-refractivity contribution in [1.29, 1.82) is 0 Å². The Labute approximate surface area is 168 Å². The maximum Gasteiger partial charge on any atom is 0.296 e. The van der Waals surface area contributed by atoms with E-state index >= 15 is 0 Å². The quantitative estimate of drug-likeness (QED) is 0.588. The second-order valence-corrected chi connectivity index (χ2v) is 7.81. The molecule has 7 nitrogen and oxygen atoms in total. The summed E-state index contributed by atoms with van der Waals surface area (Å²) in [5, 5.41) is 14.0. The highest BCUT2D eigenvalue weighted by Gasteiger charge is 2.27. The molecule has 1 heterocycles. The normalized spacial score (nSPS) is 17.1. The zero-order chi connectivity index (χ0) is 20.1. The first-order chi connectivity index (χ1) is 13.5. The fourth-order valence-electron chi connectivity index (χ4n) is 3.19. The number of nitrogens with one attached hydrogen (secondary N) is 1. The maximum atomic E-state index is 12.6. The summed E-state index contributed by atoms with van der Waals surface area (Å²) in [5.41, 5.74) is 2.37. The van der Waals surface area contributed by atoms with Crippen LogP contribution in [0.2, 0.25) is 0 Å². The van der Waals surface area contributed by atoms with E-state index < -0.39 is 4.92 Å². The summed E-state index contributed by atoms with van der Waals surface area (Å²) in [6.45, 7) is 3.02. The third-order valence-electron chi connectivity index (χ3n) is 4.72. The SMILES string of the molecule is COc1ccc(NC(=O)CN2CCSCC2c2ccc(C)cc2)c([N+](=O)[O-])c1. The molecule has 1 saturated heterocycles. The molecule has 148 valence electrons. The molecule has 8 heteroatoms. The highest BCUT2D eigenvalue weighted by molar-refractivity contribution is 7.99. The van der Waals surface area contributed by atoms with Gasteiger partial charge in [-0.15, -0.1) is 0 Å². The summed E-state index contributed by atoms with van der Waals surface area (Å²) in [7, 11) is 1.44. The third-order valence-corrected chi connectivity index (χ3v) is 5.75. The van der Waals surface area contributed by atoms with E-state index in [2.05, 4.69) is 34.5 Å². The number of rotatable bonds is 6. The first-order valence-electron chi connectivity index (χ1n) is 8.98. The molecule has 0 spiro atoms. The lowest BCUT2D eigenvalue weighted by atomic mass is 10.0. The van der Waals surface area contributed by atoms with Gasteiger partial charge in [-0.3, -0.25) is 19.8 Å². The molecule has 1 amide bonds. The molecule has 1 aliphatic heterocycles. The average Bonchev–Trinajstić information content (AvgIpc) is 2.69. The molecule has 1 N–H and O–H groups in total. The van der Waals surface area contributed by atoms with E-state index in [0.29, 0.717) is 5.75 Å². The summed E-state index contributed by atoms with van der Waals surface area (Å²) in [4.78, 5) is 25.5. The van der Waals surface area contributed by atoms with Gasteiger partial charge in [-0.25, -0.2) is 0 Å². The first-order valence-corrected chi connectivity index (χ1v) is 10.1. The number of benzene rings is 2. The van der Waals surface area contributed by atoms with Gasteiger partial charge in [0.05, 0.1) is 24.6 Å². The molecule has 2 aromatic carbocycles. The van der Waals surface area contributed by atoms with Gasteiger partial charge >= 0.3 is 0 Å². The van der Waals surface area contributed by atoms with E-state index in [0.717, 1.165) is 18.1 Å². The Balaban J connectivity index is 1.72. The molecule has 28 heavy (non-hydrogen) atoms. The molecule has 0 bridgehead atoms. The van der Waals surface area contributed by atoms with Crippen LogP contribution in [0, 0.1) is 17.0 Å². The monoisotopic (exact) mass is 401 g/mol. The number of anilines is 1. The minimum Gasteiger partial charge on any atom is -0.496 e. The average molecular weight is 401 g/mol. The number of hydrogen-bond acceptors (Lipinski definition) is 6. The number of ether oxygens (including phenoxy) is 1. The summed E-state index contributed by atoms with van der Waals surface area (Å²) >= 11 is 1.87. The van der Waals surface area contributed by atoms with E-state index in [1.165, 1.54) is 30.4 Å². The topological polar surface area (TPSA) is 84.7 Å². The number of methoxy groups -OCH3 is 1. The Bertz CT molecular complexity index is 857. The van der Waals surface area contributed by atoms with Crippen LogP contribution in [0.5, 0.6) is 5.75 Å². The van der Waals surface area contributed by atoms with E-state index in [1.54, 1.807) is 6.07 Å². The Hall–Kier alpha value is -2.58. The van der Waals surface area contributed by atoms with Gasteiger partial charge in [-0.2, -0.15) is 11.8 Å². The smallest absolute Gasteiger partial charge is 0.296 e. The number of nitro groups is 1. The Kier molecular flexibility index (Phi) is 6.53. The second-order valence-electron chi connectivity index (χ2n) is 6.66. The van der Waals surface area contributed by atoms with Crippen molar-refractivity contribution in [2.75, 3.05) is 37.0 Å². The number of thioether (sulfide) groups is 1. The van der Waals surface area contributed by atoms with Crippen molar-refractivity contribution in [2.24, 2.45) is 0 Å². The molecule has 0 aromatic heterocycles. The van der Waals surface area contributed by atoms with Crippen molar-refractivity contribution in [3.63, 3.8) is 0 Å². The minimum absolute atomic E-state index is 0.149. The fourth-order valence-corrected chi connectivity index (χ4v) is 4.35. The fraction of sp³-hybridized carbons (Fsp3) is 0.350. The van der Waals surface area contributed by atoms with Crippen molar-refractivity contribution in [2.45, 2.75) is 13.0 Å². The lowest BCUT2D eigenvalue weighted by molar-refractivity contribution is -0.384. The van der Waals surface area contributed by atoms with Crippen LogP contribution >= 0.6 is 11.8 Å². The number of nitro benzene ring substituents is 1. The molecular formula is C20H23N3O4S. The van der Waals surface area contributed by atoms with Gasteiger partial charge in [0, 0.05) is 24.1 Å². The number of nitrogens with zero attached hydrogens (tertiary/aromatic N) is 2. The zero-order valence-electron chi connectivity index (χ0n) is 15.9. The van der Waals surface area contributed by atoms with Gasteiger partial charge in [-0.1, -0.05) is 29.8 Å². The zero-order valence-corrected chi connectivity index (χ0v) is 16.7. The van der Waals surface area contributed by atoms with Crippen molar-refractivity contribution in [3.8, 4) is 5.75 Å². The van der Waals surface area contributed by atoms with E-state index in [-0.39, 0.29) is 29.9 Å². The number of amides is 1. The molecule has 3 rings (SSSR count). The molecule has 1 fully saturated rings. The molecule has 0 radical (unpaired) electrons. The number of carbonyl (C=O) groups excluding carboxylic acids is 1. The van der Waals surface area contributed by atoms with Crippen LogP contribution < -0.4 is 10.1 Å². The van der Waals surface area contributed by atoms with E-state index in [1.807, 2.05) is 18.7 Å². The largest absolute Gasteiger partial charge is 0.496 e. The summed E-state index contributed by atoms with van der Waals surface area (Å²) in [6, 6.07) is 12.9. The molecule has 1 unspecified atom stereocenters. The Morgan fingerprint density at radius 2 is 2.07 bits per heavy atom. The first kappa shape index (κ1) is 20.2. The van der Waals surface area contributed by atoms with Gasteiger partial charge in [0.1, 0.15) is 11.4 Å². The molecule has 1 aliphatic rings. The minimum atomic E-state index is -0.523. The van der Waals surface area contributed by atoms with E-state index in [9.17, 15) is 14.9 Å². The predicted octanol–water partition coefficient (Wildman–Crippen LogP) is 3.64. The molecule has 1 atom stereocenters. The van der Waals surface area contributed by atoms with Crippen LogP contribution in [0.4, 0.5) is 11.4 Å². The molecular weight excluding hydrogens is 378 g/mol. The third kappa shape index (κ3) is 4.82. The summed E-state index contributed by atoms with van der Waals surface area (Å²) < 4.78 is 5.03. The van der Waals surface area contributed by atoms with Gasteiger partial charge in [0.15, 0.2) is 0 Å². The van der Waals surface area contributed by atoms with Crippen LogP contribution in [0.25, 0.3) is 0 Å². The van der Waals surface area contributed by atoms with Crippen LogP contribution in [0.1, 0.15) is 17.2 Å². The number of carbonyl (C=O) groups is 1. The van der Waals surface area contributed by atoms with Crippen molar-refractivity contribution in [1.82, 2.24) is 4.90 Å². The molecule has 0 aliphatic carbocycles. The van der Waals surface area contributed by atoms with Crippen LogP contribution in [-0.2, 0) is 4.79 Å². The van der Waals surface area contributed by atoms with Gasteiger partial charge in [0.25, 0.3) is 5.69 Å². The maximum absolute atomic E-state index is 12.6. The van der Waals surface area contributed by atoms with Crippen molar-refractivity contribution in [3.05, 3.63) is 63.7 Å². The predicted molar refractivity (Wildman–Crippen MR) is 111 cm³/mol. The summed E-state index contributed by atoms with van der Waals surface area (Å²) in [5.74, 6) is 1.98. The highest BCUT2D eigenvalue weighted by Crippen LogP contribution is 2.31. The molecule has 2 aromatic rings. The van der Waals surface area contributed by atoms with E-state index in [4.69, 9.17) is 4.74 Å². The Morgan fingerprint density at radius 3 is 2.75 bits per heavy atom.